The third kappa shape index (κ3) is 4.96. The quantitative estimate of drug-likeness (QED) is 0.289. The van der Waals surface area contributed by atoms with Gasteiger partial charge in [0.15, 0.2) is 5.78 Å². The largest absolute Gasteiger partial charge is 0.398 e. The van der Waals surface area contributed by atoms with Crippen molar-refractivity contribution < 1.29 is 4.79 Å². The van der Waals surface area contributed by atoms with E-state index in [0.717, 1.165) is 21.6 Å². The molecule has 4 aromatic rings. The van der Waals surface area contributed by atoms with Gasteiger partial charge in [0.1, 0.15) is 15.7 Å². The number of ketones is 1. The van der Waals surface area contributed by atoms with Crippen LogP contribution in [0.1, 0.15) is 41.4 Å². The molecule has 32 heavy (non-hydrogen) atoms. The fourth-order valence-corrected chi connectivity index (χ4v) is 4.62. The highest BCUT2D eigenvalue weighted by Gasteiger charge is 2.17. The summed E-state index contributed by atoms with van der Waals surface area (Å²) < 4.78 is 3.33. The van der Waals surface area contributed by atoms with Crippen molar-refractivity contribution >= 4 is 45.8 Å². The van der Waals surface area contributed by atoms with Crippen LogP contribution in [0.3, 0.4) is 0 Å². The number of Topliss-reactive ketones (excluding diaryl/α,β-unsaturated/α-hetero) is 1. The van der Waals surface area contributed by atoms with Crippen LogP contribution in [0.5, 0.6) is 0 Å². The third-order valence-electron chi connectivity index (χ3n) is 5.01. The van der Waals surface area contributed by atoms with Crippen LogP contribution in [0.25, 0.3) is 21.6 Å². The molecule has 0 spiro atoms. The molecule has 10 heteroatoms. The summed E-state index contributed by atoms with van der Waals surface area (Å²) in [6.07, 6.45) is 10.5. The molecule has 1 aliphatic rings. The minimum Gasteiger partial charge on any atom is -0.398 e. The number of rotatable bonds is 5. The Morgan fingerprint density at radius 3 is 2.84 bits per heavy atom. The monoisotopic (exact) mass is 463 g/mol. The molecule has 0 saturated heterocycles. The van der Waals surface area contributed by atoms with Crippen molar-refractivity contribution in [2.75, 3.05) is 5.73 Å². The average molecular weight is 464 g/mol. The van der Waals surface area contributed by atoms with Gasteiger partial charge in [-0.25, -0.2) is 15.0 Å². The molecule has 0 atom stereocenters. The van der Waals surface area contributed by atoms with E-state index in [0.29, 0.717) is 27.2 Å². The molecule has 0 radical (unpaired) electrons. The van der Waals surface area contributed by atoms with Gasteiger partial charge in [0.05, 0.1) is 27.8 Å². The van der Waals surface area contributed by atoms with Crippen molar-refractivity contribution in [1.29, 1.82) is 5.26 Å². The van der Waals surface area contributed by atoms with E-state index in [1.54, 1.807) is 36.9 Å². The number of pyridine rings is 2. The number of carbonyl (C=O) groups is 1. The number of nitrogens with one attached hydrogen (secondary N) is 2. The number of nitrogens with zero attached hydrogens (tertiary/aromatic N) is 4. The standard InChI is InChI=1S/C12H10N4OS.C10H11N3S/c1-6(17)9-5-16-12(18-9)8-4-15-11-7(10(8)13)2-3-14-11;11-7-8-4-5-12-10(6-8)14-13-9-2-1-3-9/h2-5H,1H3,(H3,13,14,15);4-6,9,13H,1-3H2. The lowest BCUT2D eigenvalue weighted by Gasteiger charge is -2.25. The number of H-pyrrole nitrogens is 1. The summed E-state index contributed by atoms with van der Waals surface area (Å²) in [5.41, 5.74) is 8.91. The Hall–Kier alpha value is -3.26. The predicted octanol–water partition coefficient (Wildman–Crippen LogP) is 4.57. The average Bonchev–Trinajstić information content (AvgIpc) is 3.44. The topological polar surface area (TPSA) is 133 Å². The SMILES string of the molecule is CC(=O)c1cnc(-c2cnc3[nH]ccc3c2N)s1.N#Cc1ccnc(SNC2CCC2)c1. The first-order chi connectivity index (χ1) is 15.5. The van der Waals surface area contributed by atoms with Crippen molar-refractivity contribution in [3.63, 3.8) is 0 Å². The third-order valence-corrected chi connectivity index (χ3v) is 7.03. The van der Waals surface area contributed by atoms with Crippen molar-refractivity contribution in [3.8, 4) is 16.6 Å². The summed E-state index contributed by atoms with van der Waals surface area (Å²) >= 11 is 2.85. The molecule has 0 aliphatic heterocycles. The van der Waals surface area contributed by atoms with Gasteiger partial charge < -0.3 is 10.7 Å². The second-order valence-electron chi connectivity index (χ2n) is 7.25. The second-order valence-corrected chi connectivity index (χ2v) is 9.14. The zero-order valence-electron chi connectivity index (χ0n) is 17.3. The van der Waals surface area contributed by atoms with Crippen LogP contribution >= 0.6 is 23.3 Å². The first-order valence-corrected chi connectivity index (χ1v) is 11.7. The number of nitriles is 1. The molecule has 5 rings (SSSR count). The molecule has 1 saturated carbocycles. The fraction of sp³-hybridized carbons (Fsp3) is 0.227. The van der Waals surface area contributed by atoms with Crippen LogP contribution in [0, 0.1) is 11.3 Å². The number of nitrogens with two attached hydrogens (primary N) is 1. The number of carbonyl (C=O) groups excluding carboxylic acids is 1. The smallest absolute Gasteiger partial charge is 0.171 e. The molecule has 4 heterocycles. The zero-order chi connectivity index (χ0) is 22.5. The van der Waals surface area contributed by atoms with Crippen LogP contribution < -0.4 is 10.5 Å². The highest BCUT2D eigenvalue weighted by Crippen LogP contribution is 2.33. The highest BCUT2D eigenvalue weighted by molar-refractivity contribution is 7.97. The summed E-state index contributed by atoms with van der Waals surface area (Å²) in [6.45, 7) is 1.52. The first-order valence-electron chi connectivity index (χ1n) is 10.0. The minimum absolute atomic E-state index is 0.00741. The Morgan fingerprint density at radius 2 is 2.16 bits per heavy atom. The van der Waals surface area contributed by atoms with Gasteiger partial charge in [-0.3, -0.25) is 9.52 Å². The maximum absolute atomic E-state index is 11.3. The summed E-state index contributed by atoms with van der Waals surface area (Å²) in [5.74, 6) is 0.00741. The Kier molecular flexibility index (Phi) is 6.80. The molecule has 162 valence electrons. The van der Waals surface area contributed by atoms with Gasteiger partial charge >= 0.3 is 0 Å². The summed E-state index contributed by atoms with van der Waals surface area (Å²) in [7, 11) is 0. The van der Waals surface area contributed by atoms with Gasteiger partial charge in [-0.15, -0.1) is 11.3 Å². The van der Waals surface area contributed by atoms with E-state index in [-0.39, 0.29) is 5.78 Å². The normalized spacial score (nSPS) is 13.1. The Bertz CT molecular complexity index is 1290. The Labute approximate surface area is 193 Å². The van der Waals surface area contributed by atoms with Gasteiger partial charge in [0, 0.05) is 43.1 Å². The van der Waals surface area contributed by atoms with E-state index >= 15 is 0 Å². The number of thiazole rings is 1. The van der Waals surface area contributed by atoms with E-state index in [2.05, 4.69) is 30.7 Å². The summed E-state index contributed by atoms with van der Waals surface area (Å²) in [5, 5.41) is 11.1. The molecule has 4 N–H and O–H groups in total. The fourth-order valence-electron chi connectivity index (χ4n) is 2.96. The summed E-state index contributed by atoms with van der Waals surface area (Å²) in [6, 6.07) is 8.13. The van der Waals surface area contributed by atoms with Crippen LogP contribution in [-0.4, -0.2) is 31.8 Å². The van der Waals surface area contributed by atoms with Crippen molar-refractivity contribution in [1.82, 2.24) is 24.7 Å². The minimum atomic E-state index is 0.00741. The molecule has 8 nitrogen and oxygen atoms in total. The van der Waals surface area contributed by atoms with Crippen molar-refractivity contribution in [2.45, 2.75) is 37.3 Å². The van der Waals surface area contributed by atoms with E-state index in [9.17, 15) is 4.79 Å². The van der Waals surface area contributed by atoms with E-state index < -0.39 is 0 Å². The van der Waals surface area contributed by atoms with Crippen molar-refractivity contribution in [2.24, 2.45) is 0 Å². The number of aromatic amines is 1. The van der Waals surface area contributed by atoms with Crippen molar-refractivity contribution in [3.05, 3.63) is 53.4 Å². The molecular formula is C22H21N7OS2. The first kappa shape index (κ1) is 22.0. The van der Waals surface area contributed by atoms with Crippen LogP contribution in [0.15, 0.2) is 48.0 Å². The maximum atomic E-state index is 11.3. The lowest BCUT2D eigenvalue weighted by Crippen LogP contribution is -2.30. The molecular weight excluding hydrogens is 442 g/mol. The molecule has 1 aliphatic carbocycles. The van der Waals surface area contributed by atoms with Gasteiger partial charge in [-0.1, -0.05) is 6.42 Å². The maximum Gasteiger partial charge on any atom is 0.171 e. The number of anilines is 1. The zero-order valence-corrected chi connectivity index (χ0v) is 19.0. The molecule has 0 amide bonds. The summed E-state index contributed by atoms with van der Waals surface area (Å²) in [4.78, 5) is 27.6. The van der Waals surface area contributed by atoms with Gasteiger partial charge in [0.2, 0.25) is 0 Å². The van der Waals surface area contributed by atoms with Crippen LogP contribution in [0.2, 0.25) is 0 Å². The Morgan fingerprint density at radius 1 is 1.31 bits per heavy atom. The number of nitrogen functional groups attached to an aromatic ring is 1. The number of fused-ring (bicyclic) bond motifs is 1. The number of aromatic nitrogens is 4. The number of hydrogen-bond donors (Lipinski definition) is 3. The lowest BCUT2D eigenvalue weighted by atomic mass is 9.94. The van der Waals surface area contributed by atoms with Gasteiger partial charge in [0.25, 0.3) is 0 Å². The van der Waals surface area contributed by atoms with E-state index in [1.165, 1.54) is 49.5 Å². The van der Waals surface area contributed by atoms with Crippen LogP contribution in [-0.2, 0) is 0 Å². The van der Waals surface area contributed by atoms with E-state index in [1.807, 2.05) is 6.07 Å². The highest BCUT2D eigenvalue weighted by atomic mass is 32.2. The van der Waals surface area contributed by atoms with Gasteiger partial charge in [-0.05, 0) is 43.0 Å². The molecule has 0 bridgehead atoms. The number of hydrogen-bond acceptors (Lipinski definition) is 9. The second kappa shape index (κ2) is 9.91. The van der Waals surface area contributed by atoms with Gasteiger partial charge in [-0.2, -0.15) is 5.26 Å². The molecule has 0 aromatic carbocycles. The van der Waals surface area contributed by atoms with Crippen LogP contribution in [0.4, 0.5) is 5.69 Å². The molecule has 4 aromatic heterocycles. The predicted molar refractivity (Wildman–Crippen MR) is 127 cm³/mol. The van der Waals surface area contributed by atoms with E-state index in [4.69, 9.17) is 11.0 Å². The molecule has 0 unspecified atom stereocenters. The Balaban J connectivity index is 0.000000158. The molecule has 1 fully saturated rings. The lowest BCUT2D eigenvalue weighted by molar-refractivity contribution is 0.102.